The molecule has 0 aliphatic rings. The van der Waals surface area contributed by atoms with Crippen LogP contribution in [0.2, 0.25) is 0 Å². The molecule has 1 unspecified atom stereocenters. The van der Waals surface area contributed by atoms with Crippen LogP contribution in [-0.4, -0.2) is 23.7 Å². The van der Waals surface area contributed by atoms with E-state index in [2.05, 4.69) is 31.6 Å². The number of nitrogens with one attached hydrogen (secondary N) is 1. The molecule has 0 aromatic rings. The van der Waals surface area contributed by atoms with Gasteiger partial charge in [0.25, 0.3) is 0 Å². The van der Waals surface area contributed by atoms with Crippen molar-refractivity contribution in [3.8, 4) is 0 Å². The van der Waals surface area contributed by atoms with E-state index in [1.807, 2.05) is 12.2 Å². The third kappa shape index (κ3) is 10.3. The summed E-state index contributed by atoms with van der Waals surface area (Å²) in [6.45, 7) is 14.7. The fourth-order valence-electron chi connectivity index (χ4n) is 1.61. The molecule has 0 rings (SSSR count). The smallest absolute Gasteiger partial charge is 0.220 e. The molecule has 2 N–H and O–H groups in total. The molecule has 0 bridgehead atoms. The standard InChI is InChI=1S/C18H25NO2/c1-5-7-9-15(3)11-12-18(21)19-17(14-20)13-16(4)10-8-6-2/h5-10,17,20H,1-4,11-14H2,(H,19,21)/b9-7-,10-8-. The second-order valence-corrected chi connectivity index (χ2v) is 4.66. The first-order chi connectivity index (χ1) is 10.0. The summed E-state index contributed by atoms with van der Waals surface area (Å²) in [6.07, 6.45) is 11.9. The van der Waals surface area contributed by atoms with Crippen LogP contribution in [0.25, 0.3) is 0 Å². The molecule has 21 heavy (non-hydrogen) atoms. The van der Waals surface area contributed by atoms with Gasteiger partial charge in [0, 0.05) is 6.42 Å². The van der Waals surface area contributed by atoms with E-state index in [0.717, 1.165) is 11.1 Å². The Morgan fingerprint density at radius 3 is 2.14 bits per heavy atom. The lowest BCUT2D eigenvalue weighted by Gasteiger charge is -2.16. The highest BCUT2D eigenvalue weighted by atomic mass is 16.3. The Bertz CT molecular complexity index is 444. The molecule has 0 aliphatic carbocycles. The number of aliphatic hydroxyl groups is 1. The minimum absolute atomic E-state index is 0.109. The van der Waals surface area contributed by atoms with Crippen molar-refractivity contribution in [2.24, 2.45) is 0 Å². The van der Waals surface area contributed by atoms with E-state index in [1.54, 1.807) is 24.3 Å². The fourth-order valence-corrected chi connectivity index (χ4v) is 1.61. The Morgan fingerprint density at radius 2 is 1.62 bits per heavy atom. The minimum Gasteiger partial charge on any atom is -0.394 e. The Hall–Kier alpha value is -2.13. The molecule has 0 fully saturated rings. The van der Waals surface area contributed by atoms with Crippen LogP contribution in [0.5, 0.6) is 0 Å². The van der Waals surface area contributed by atoms with Gasteiger partial charge in [0.1, 0.15) is 0 Å². The molecule has 0 saturated carbocycles. The van der Waals surface area contributed by atoms with Crippen LogP contribution < -0.4 is 5.32 Å². The van der Waals surface area contributed by atoms with Gasteiger partial charge in [0.05, 0.1) is 12.6 Å². The monoisotopic (exact) mass is 287 g/mol. The second kappa shape index (κ2) is 11.7. The number of allylic oxidation sites excluding steroid dienone is 7. The molecule has 0 heterocycles. The molecule has 1 atom stereocenters. The lowest BCUT2D eigenvalue weighted by atomic mass is 10.1. The van der Waals surface area contributed by atoms with E-state index in [1.165, 1.54) is 0 Å². The van der Waals surface area contributed by atoms with Crippen LogP contribution in [-0.2, 0) is 4.79 Å². The van der Waals surface area contributed by atoms with Crippen LogP contribution in [0.1, 0.15) is 19.3 Å². The van der Waals surface area contributed by atoms with Gasteiger partial charge in [0.2, 0.25) is 5.91 Å². The number of rotatable bonds is 11. The normalized spacial score (nSPS) is 12.2. The van der Waals surface area contributed by atoms with Crippen molar-refractivity contribution in [2.45, 2.75) is 25.3 Å². The van der Waals surface area contributed by atoms with E-state index in [-0.39, 0.29) is 18.6 Å². The van der Waals surface area contributed by atoms with Gasteiger partial charge in [-0.05, 0) is 12.8 Å². The van der Waals surface area contributed by atoms with Crippen LogP contribution in [0.15, 0.2) is 73.9 Å². The number of carbonyl (C=O) groups excluding carboxylic acids is 1. The molecule has 3 heteroatoms. The Labute approximate surface area is 127 Å². The summed E-state index contributed by atoms with van der Waals surface area (Å²) in [5.41, 5.74) is 1.69. The minimum atomic E-state index is -0.323. The average molecular weight is 287 g/mol. The Balaban J connectivity index is 4.20. The van der Waals surface area contributed by atoms with Crippen LogP contribution in [0.3, 0.4) is 0 Å². The van der Waals surface area contributed by atoms with Gasteiger partial charge in [-0.25, -0.2) is 0 Å². The van der Waals surface area contributed by atoms with Gasteiger partial charge in [-0.1, -0.05) is 73.9 Å². The SMILES string of the molecule is C=C/C=C\C(=C)CCC(=O)NC(CO)CC(=C)/C=C\C=C. The van der Waals surface area contributed by atoms with Gasteiger partial charge in [-0.15, -0.1) is 0 Å². The molecular weight excluding hydrogens is 262 g/mol. The first kappa shape index (κ1) is 18.9. The van der Waals surface area contributed by atoms with Gasteiger partial charge >= 0.3 is 0 Å². The fraction of sp³-hybridized carbons (Fsp3) is 0.278. The topological polar surface area (TPSA) is 49.3 Å². The largest absolute Gasteiger partial charge is 0.394 e. The maximum Gasteiger partial charge on any atom is 0.220 e. The van der Waals surface area contributed by atoms with E-state index in [0.29, 0.717) is 19.3 Å². The third-order valence-electron chi connectivity index (χ3n) is 2.70. The second-order valence-electron chi connectivity index (χ2n) is 4.66. The van der Waals surface area contributed by atoms with Crippen molar-refractivity contribution >= 4 is 5.91 Å². The highest BCUT2D eigenvalue weighted by Gasteiger charge is 2.11. The maximum atomic E-state index is 11.8. The van der Waals surface area contributed by atoms with E-state index < -0.39 is 0 Å². The molecule has 0 saturated heterocycles. The van der Waals surface area contributed by atoms with E-state index >= 15 is 0 Å². The molecule has 3 nitrogen and oxygen atoms in total. The summed E-state index contributed by atoms with van der Waals surface area (Å²) in [6, 6.07) is -0.323. The zero-order valence-electron chi connectivity index (χ0n) is 12.6. The van der Waals surface area contributed by atoms with Crippen molar-refractivity contribution in [2.75, 3.05) is 6.61 Å². The summed E-state index contributed by atoms with van der Waals surface area (Å²) in [7, 11) is 0. The molecule has 0 aromatic heterocycles. The molecular formula is C18H25NO2. The zero-order chi connectivity index (χ0) is 16.1. The molecule has 0 aliphatic heterocycles. The van der Waals surface area contributed by atoms with E-state index in [4.69, 9.17) is 0 Å². The summed E-state index contributed by atoms with van der Waals surface area (Å²) in [5.74, 6) is -0.109. The van der Waals surface area contributed by atoms with Crippen molar-refractivity contribution in [1.29, 1.82) is 0 Å². The number of aliphatic hydroxyl groups excluding tert-OH is 1. The highest BCUT2D eigenvalue weighted by molar-refractivity contribution is 5.76. The van der Waals surface area contributed by atoms with Crippen molar-refractivity contribution in [3.63, 3.8) is 0 Å². The summed E-state index contributed by atoms with van der Waals surface area (Å²) >= 11 is 0. The van der Waals surface area contributed by atoms with Crippen molar-refractivity contribution in [3.05, 3.63) is 73.9 Å². The van der Waals surface area contributed by atoms with Crippen LogP contribution in [0, 0.1) is 0 Å². The lowest BCUT2D eigenvalue weighted by molar-refractivity contribution is -0.122. The van der Waals surface area contributed by atoms with Gasteiger partial charge in [0.15, 0.2) is 0 Å². The van der Waals surface area contributed by atoms with Crippen LogP contribution >= 0.6 is 0 Å². The summed E-state index contributed by atoms with van der Waals surface area (Å²) in [5, 5.41) is 12.1. The predicted molar refractivity (Wildman–Crippen MR) is 89.8 cm³/mol. The lowest BCUT2D eigenvalue weighted by Crippen LogP contribution is -2.37. The summed E-state index contributed by atoms with van der Waals surface area (Å²) < 4.78 is 0. The number of hydrogen-bond donors (Lipinski definition) is 2. The molecule has 0 spiro atoms. The number of carbonyl (C=O) groups is 1. The average Bonchev–Trinajstić information content (AvgIpc) is 2.47. The number of hydrogen-bond acceptors (Lipinski definition) is 2. The highest BCUT2D eigenvalue weighted by Crippen LogP contribution is 2.07. The quantitative estimate of drug-likeness (QED) is 0.573. The molecule has 114 valence electrons. The Kier molecular flexibility index (Phi) is 10.5. The van der Waals surface area contributed by atoms with Crippen molar-refractivity contribution < 1.29 is 9.90 Å². The van der Waals surface area contributed by atoms with Gasteiger partial charge in [-0.2, -0.15) is 0 Å². The number of amides is 1. The van der Waals surface area contributed by atoms with Gasteiger partial charge in [-0.3, -0.25) is 4.79 Å². The maximum absolute atomic E-state index is 11.8. The first-order valence-corrected chi connectivity index (χ1v) is 6.87. The Morgan fingerprint density at radius 1 is 1.05 bits per heavy atom. The molecule has 0 aromatic carbocycles. The first-order valence-electron chi connectivity index (χ1n) is 6.87. The predicted octanol–water partition coefficient (Wildman–Crippen LogP) is 3.23. The molecule has 0 radical (unpaired) electrons. The molecule has 1 amide bonds. The van der Waals surface area contributed by atoms with Gasteiger partial charge < -0.3 is 10.4 Å². The van der Waals surface area contributed by atoms with Crippen LogP contribution in [0.4, 0.5) is 0 Å². The van der Waals surface area contributed by atoms with E-state index in [9.17, 15) is 9.90 Å². The zero-order valence-corrected chi connectivity index (χ0v) is 12.6. The van der Waals surface area contributed by atoms with Crippen molar-refractivity contribution in [1.82, 2.24) is 5.32 Å². The third-order valence-corrected chi connectivity index (χ3v) is 2.70. The summed E-state index contributed by atoms with van der Waals surface area (Å²) in [4.78, 5) is 11.8.